The largest absolute Gasteiger partial charge is 0.481 e. The Morgan fingerprint density at radius 2 is 1.24 bits per heavy atom. The van der Waals surface area contributed by atoms with Crippen molar-refractivity contribution < 1.29 is 39.0 Å². The van der Waals surface area contributed by atoms with Crippen LogP contribution in [0.3, 0.4) is 0 Å². The lowest BCUT2D eigenvalue weighted by Crippen LogP contribution is -2.59. The molecule has 0 bridgehead atoms. The lowest BCUT2D eigenvalue weighted by atomic mass is 9.96. The van der Waals surface area contributed by atoms with Gasteiger partial charge in [0, 0.05) is 0 Å². The van der Waals surface area contributed by atoms with E-state index in [2.05, 4.69) is 35.1 Å². The molecule has 0 saturated heterocycles. The Bertz CT molecular complexity index is 1110. The van der Waals surface area contributed by atoms with Gasteiger partial charge in [-0.3, -0.25) is 28.8 Å². The Balaban J connectivity index is 2.87. The average molecular weight is 592 g/mol. The monoisotopic (exact) mass is 591 g/mol. The number of carbonyl (C=O) groups excluding carboxylic acids is 5. The molecular formula is C29H45N5O8. The molecule has 0 heterocycles. The maximum absolute atomic E-state index is 13.0. The number of nitrogens with one attached hydrogen (secondary N) is 4. The number of primary amides is 1. The minimum atomic E-state index is -1.56. The van der Waals surface area contributed by atoms with Crippen molar-refractivity contribution in [2.45, 2.75) is 90.9 Å². The highest BCUT2D eigenvalue weighted by Crippen LogP contribution is 2.18. The fraction of sp³-hybridized carbons (Fsp3) is 0.586. The molecule has 13 heteroatoms. The third-order valence-corrected chi connectivity index (χ3v) is 6.46. The Morgan fingerprint density at radius 3 is 1.71 bits per heavy atom. The molecule has 0 unspecified atom stereocenters. The SMILES string of the molecule is CC(C)Cc1ccc([C@@H](C)C(=O)N[C@@H](C)C(=O)N[C@@H](CC(C)C)C(=O)N[C@@H](CO)C(=O)N[C@@H](CC(=O)O)C(N)=O)cc1. The van der Waals surface area contributed by atoms with Gasteiger partial charge in [-0.1, -0.05) is 52.0 Å². The number of aliphatic hydroxyl groups excluding tert-OH is 1. The summed E-state index contributed by atoms with van der Waals surface area (Å²) in [6.07, 6.45) is 0.302. The first kappa shape index (κ1) is 36.0. The number of benzene rings is 1. The molecule has 0 saturated carbocycles. The van der Waals surface area contributed by atoms with Gasteiger partial charge in [-0.25, -0.2) is 0 Å². The standard InChI is InChI=1S/C29H45N5O8/c1-15(2)11-19-7-9-20(10-8-19)17(5)26(39)31-18(6)27(40)33-22(12-16(3)4)28(41)34-23(14-35)29(42)32-21(25(30)38)13-24(36)37/h7-10,15-18,21-23,35H,11-14H2,1-6H3,(H2,30,38)(H,31,39)(H,32,42)(H,33,40)(H,34,41)(H,36,37)/t17-,18+,21+,22+,23+/m1/s1. The molecule has 5 atom stereocenters. The van der Waals surface area contributed by atoms with Crippen LogP contribution in [-0.4, -0.2) is 76.5 Å². The van der Waals surface area contributed by atoms with E-state index in [4.69, 9.17) is 10.8 Å². The number of carboxylic acids is 1. The third kappa shape index (κ3) is 12.2. The van der Waals surface area contributed by atoms with Crippen LogP contribution in [0.2, 0.25) is 0 Å². The molecule has 0 aromatic heterocycles. The highest BCUT2D eigenvalue weighted by atomic mass is 16.4. The Kier molecular flexibility index (Phi) is 14.6. The van der Waals surface area contributed by atoms with Crippen molar-refractivity contribution >= 4 is 35.5 Å². The summed E-state index contributed by atoms with van der Waals surface area (Å²) in [6.45, 7) is 10.2. The van der Waals surface area contributed by atoms with Crippen molar-refractivity contribution in [3.8, 4) is 0 Å². The van der Waals surface area contributed by atoms with E-state index < -0.39 is 72.7 Å². The Morgan fingerprint density at radius 1 is 0.714 bits per heavy atom. The number of hydrogen-bond donors (Lipinski definition) is 7. The molecule has 234 valence electrons. The maximum atomic E-state index is 13.0. The molecule has 13 nitrogen and oxygen atoms in total. The van der Waals surface area contributed by atoms with Gasteiger partial charge in [0.15, 0.2) is 0 Å². The third-order valence-electron chi connectivity index (χ3n) is 6.46. The second kappa shape index (κ2) is 17.1. The first-order valence-electron chi connectivity index (χ1n) is 14.0. The zero-order chi connectivity index (χ0) is 32.1. The van der Waals surface area contributed by atoms with Crippen LogP contribution in [0, 0.1) is 11.8 Å². The van der Waals surface area contributed by atoms with Gasteiger partial charge in [0.1, 0.15) is 24.2 Å². The number of rotatable bonds is 17. The fourth-order valence-corrected chi connectivity index (χ4v) is 4.10. The van der Waals surface area contributed by atoms with E-state index in [1.807, 2.05) is 38.1 Å². The van der Waals surface area contributed by atoms with Crippen LogP contribution in [0.25, 0.3) is 0 Å². The molecule has 8 N–H and O–H groups in total. The highest BCUT2D eigenvalue weighted by Gasteiger charge is 2.31. The van der Waals surface area contributed by atoms with Crippen LogP contribution in [0.1, 0.15) is 71.4 Å². The summed E-state index contributed by atoms with van der Waals surface area (Å²) in [5.74, 6) is -5.43. The minimum Gasteiger partial charge on any atom is -0.481 e. The normalized spacial score (nSPS) is 14.7. The first-order chi connectivity index (χ1) is 19.5. The minimum absolute atomic E-state index is 0.0687. The zero-order valence-electron chi connectivity index (χ0n) is 25.1. The lowest BCUT2D eigenvalue weighted by molar-refractivity contribution is -0.140. The molecular weight excluding hydrogens is 546 g/mol. The van der Waals surface area contributed by atoms with Crippen LogP contribution >= 0.6 is 0 Å². The average Bonchev–Trinajstić information content (AvgIpc) is 2.89. The number of amides is 5. The summed E-state index contributed by atoms with van der Waals surface area (Å²) in [6, 6.07) is 2.49. The molecule has 0 radical (unpaired) electrons. The van der Waals surface area contributed by atoms with Crippen LogP contribution in [0.5, 0.6) is 0 Å². The van der Waals surface area contributed by atoms with E-state index in [1.54, 1.807) is 6.92 Å². The summed E-state index contributed by atoms with van der Waals surface area (Å²) in [5.41, 5.74) is 7.08. The van der Waals surface area contributed by atoms with Crippen molar-refractivity contribution in [3.05, 3.63) is 35.4 Å². The van der Waals surface area contributed by atoms with Gasteiger partial charge in [0.05, 0.1) is 18.9 Å². The summed E-state index contributed by atoms with van der Waals surface area (Å²) in [4.78, 5) is 73.8. The van der Waals surface area contributed by atoms with E-state index in [0.29, 0.717) is 5.92 Å². The molecule has 0 fully saturated rings. The molecule has 5 amide bonds. The zero-order valence-corrected chi connectivity index (χ0v) is 25.1. The van der Waals surface area contributed by atoms with Gasteiger partial charge in [0.25, 0.3) is 0 Å². The summed E-state index contributed by atoms with van der Waals surface area (Å²) in [5, 5.41) is 28.2. The van der Waals surface area contributed by atoms with E-state index >= 15 is 0 Å². The predicted octanol–water partition coefficient (Wildman–Crippen LogP) is -0.0539. The second-order valence-electron chi connectivity index (χ2n) is 11.3. The van der Waals surface area contributed by atoms with Crippen LogP contribution < -0.4 is 27.0 Å². The van der Waals surface area contributed by atoms with E-state index in [9.17, 15) is 33.9 Å². The number of nitrogens with two attached hydrogens (primary N) is 1. The Labute approximate surface area is 246 Å². The number of aliphatic carboxylic acids is 1. The van der Waals surface area contributed by atoms with Crippen molar-refractivity contribution in [2.24, 2.45) is 17.6 Å². The molecule has 1 rings (SSSR count). The Hall–Kier alpha value is -4.00. The smallest absolute Gasteiger partial charge is 0.305 e. The number of hydrogen-bond acceptors (Lipinski definition) is 7. The second-order valence-corrected chi connectivity index (χ2v) is 11.3. The number of carbonyl (C=O) groups is 6. The number of carboxylic acid groups (broad SMARTS) is 1. The van der Waals surface area contributed by atoms with Crippen molar-refractivity contribution in [2.75, 3.05) is 6.61 Å². The quantitative estimate of drug-likeness (QED) is 0.130. The van der Waals surface area contributed by atoms with E-state index in [0.717, 1.165) is 17.5 Å². The van der Waals surface area contributed by atoms with Gasteiger partial charge < -0.3 is 37.2 Å². The highest BCUT2D eigenvalue weighted by molar-refractivity contribution is 5.96. The van der Waals surface area contributed by atoms with Gasteiger partial charge in [-0.2, -0.15) is 0 Å². The van der Waals surface area contributed by atoms with Gasteiger partial charge in [-0.15, -0.1) is 0 Å². The van der Waals surface area contributed by atoms with Gasteiger partial charge in [0.2, 0.25) is 29.5 Å². The maximum Gasteiger partial charge on any atom is 0.305 e. The molecule has 0 aliphatic heterocycles. The van der Waals surface area contributed by atoms with Gasteiger partial charge in [-0.05, 0) is 49.7 Å². The summed E-state index contributed by atoms with van der Waals surface area (Å²) >= 11 is 0. The van der Waals surface area contributed by atoms with Crippen LogP contribution in [0.15, 0.2) is 24.3 Å². The molecule has 0 spiro atoms. The molecule has 0 aliphatic rings. The first-order valence-corrected chi connectivity index (χ1v) is 14.0. The number of aliphatic hydroxyl groups is 1. The molecule has 1 aromatic rings. The molecule has 1 aromatic carbocycles. The van der Waals surface area contributed by atoms with Crippen LogP contribution in [-0.2, 0) is 35.2 Å². The molecule has 0 aliphatic carbocycles. The van der Waals surface area contributed by atoms with Crippen LogP contribution in [0.4, 0.5) is 0 Å². The van der Waals surface area contributed by atoms with E-state index in [-0.39, 0.29) is 18.2 Å². The van der Waals surface area contributed by atoms with Crippen molar-refractivity contribution in [1.29, 1.82) is 0 Å². The summed E-state index contributed by atoms with van der Waals surface area (Å²) in [7, 11) is 0. The van der Waals surface area contributed by atoms with E-state index in [1.165, 1.54) is 6.92 Å². The predicted molar refractivity (Wildman–Crippen MR) is 155 cm³/mol. The van der Waals surface area contributed by atoms with Gasteiger partial charge >= 0.3 is 5.97 Å². The molecule has 42 heavy (non-hydrogen) atoms. The van der Waals surface area contributed by atoms with Crippen molar-refractivity contribution in [3.63, 3.8) is 0 Å². The fourth-order valence-electron chi connectivity index (χ4n) is 4.10. The summed E-state index contributed by atoms with van der Waals surface area (Å²) < 4.78 is 0. The van der Waals surface area contributed by atoms with Crippen molar-refractivity contribution in [1.82, 2.24) is 21.3 Å². The lowest BCUT2D eigenvalue weighted by Gasteiger charge is -2.25. The topological polar surface area (TPSA) is 217 Å².